The van der Waals surface area contributed by atoms with Gasteiger partial charge in [-0.05, 0) is 0 Å². The molecule has 0 spiro atoms. The van der Waals surface area contributed by atoms with Crippen molar-refractivity contribution in [1.29, 1.82) is 0.594 Å². The second-order valence-electron chi connectivity index (χ2n) is 2.11. The molecular weight excluding hydrogens is 3550 g/mol. The molecule has 0 unspecified atom stereocenters. The van der Waals surface area contributed by atoms with Crippen molar-refractivity contribution in [2.24, 2.45) is 0 Å². The van der Waals surface area contributed by atoms with Crippen LogP contribution in [0.4, 0.5) is 0 Å². The monoisotopic (exact) mass is 3560 g/mol. The van der Waals surface area contributed by atoms with Crippen molar-refractivity contribution in [1.82, 2.24) is 0 Å². The van der Waals surface area contributed by atoms with Crippen LogP contribution in [0.2, 0.25) is 0 Å². The average molecular weight is 3560 g/mol. The van der Waals surface area contributed by atoms with E-state index in [1.807, 2.05) is 0 Å². The molecule has 0 aromatic heterocycles. The molecular formula is HI28-. The first kappa shape index (κ1) is 46.5. The molecule has 0 aliphatic heterocycles. The standard InChI is InChI=1S/HI28/c1-16(2)18(5)20(7)22(9)24(11)26(13)28(15)27(14)25(12)23(10)21(8)19(6)17(3)4/h1H/q-1/i1D. The van der Waals surface area contributed by atoms with Crippen molar-refractivity contribution in [3.05, 3.63) is 0 Å². The van der Waals surface area contributed by atoms with Crippen LogP contribution in [0.3, 0.4) is 0 Å². The molecule has 0 saturated heterocycles. The van der Waals surface area contributed by atoms with E-state index >= 15 is 0 Å². The zero-order valence-electron chi connectivity index (χ0n) is 11.6. The van der Waals surface area contributed by atoms with Crippen molar-refractivity contribution in [2.75, 3.05) is 0 Å². The minimum absolute atomic E-state index is 0.0765. The van der Waals surface area contributed by atoms with Crippen LogP contribution in [-0.4, -0.2) is 0.594 Å². The van der Waals surface area contributed by atoms with Crippen LogP contribution in [0.1, 0.15) is 0 Å². The van der Waals surface area contributed by atoms with E-state index in [1.165, 1.54) is 0 Å². The van der Waals surface area contributed by atoms with Crippen LogP contribution in [0.15, 0.2) is 0 Å². The van der Waals surface area contributed by atoms with Crippen molar-refractivity contribution in [2.45, 2.75) is 0 Å². The van der Waals surface area contributed by atoms with Gasteiger partial charge in [-0.3, -0.25) is 0 Å². The van der Waals surface area contributed by atoms with Crippen LogP contribution in [0.25, 0.3) is 0 Å². The molecule has 0 aliphatic rings. The predicted octanol–water partition coefficient (Wildman–Crippen LogP) is 20.7. The summed E-state index contributed by atoms with van der Waals surface area (Å²) >= 11 is 43.6. The molecule has 0 rings (SSSR count). The van der Waals surface area contributed by atoms with Crippen LogP contribution < -0.4 is 18.4 Å². The Kier molecular flexibility index (Phi) is 48.1. The molecule has 0 radical (unpaired) electrons. The van der Waals surface area contributed by atoms with Crippen LogP contribution in [-0.2, 0) is 0 Å². The Morgan fingerprint density at radius 3 is 0.786 bits per heavy atom. The number of hydrogen-bond donors (Lipinski definition) is 0. The predicted molar refractivity (Wildman–Crippen MR) is 380 cm³/mol. The van der Waals surface area contributed by atoms with Gasteiger partial charge in [0.15, 0.2) is 0 Å². The summed E-state index contributed by atoms with van der Waals surface area (Å²) in [5.41, 5.74) is 0. The summed E-state index contributed by atoms with van der Waals surface area (Å²) in [6, 6.07) is 0. The molecule has 0 amide bonds. The quantitative estimate of drug-likeness (QED) is 0.161. The summed E-state index contributed by atoms with van der Waals surface area (Å²) in [5, 5.41) is 0. The maximum atomic E-state index is 8.06. The fourth-order valence-electron chi connectivity index (χ4n) is 0.339. The van der Waals surface area contributed by atoms with E-state index in [2.05, 4.69) is 261 Å². The van der Waals surface area contributed by atoms with Gasteiger partial charge in [-0.1, -0.05) is 0 Å². The third-order valence-corrected chi connectivity index (χ3v) is 1980. The van der Waals surface area contributed by atoms with E-state index in [0.29, 0.717) is 0 Å². The summed E-state index contributed by atoms with van der Waals surface area (Å²) in [6.07, 6.45) is 0. The molecule has 0 nitrogen and oxygen atoms in total. The van der Waals surface area contributed by atoms with E-state index in [-0.39, 0.29) is 18.4 Å². The molecule has 0 saturated carbocycles. The maximum absolute atomic E-state index is 8.06. The zero-order valence-corrected chi connectivity index (χ0v) is 71.0. The molecule has 0 bridgehead atoms. The number of hydrogen-bond acceptors (Lipinski definition) is 0. The summed E-state index contributed by atoms with van der Waals surface area (Å²) in [7, 11) is -6.71. The van der Waals surface area contributed by atoms with Gasteiger partial charge in [-0.25, -0.2) is 0 Å². The van der Waals surface area contributed by atoms with Crippen molar-refractivity contribution in [3.63, 3.8) is 0 Å². The van der Waals surface area contributed by atoms with Crippen molar-refractivity contribution in [3.8, 4) is 0 Å². The van der Waals surface area contributed by atoms with Gasteiger partial charge in [0.05, 0.1) is 0 Å². The molecule has 0 N–H and O–H groups in total. The van der Waals surface area contributed by atoms with Gasteiger partial charge in [0.25, 0.3) is 0 Å². The van der Waals surface area contributed by atoms with Crippen LogP contribution >= 0.6 is 363 Å². The summed E-state index contributed by atoms with van der Waals surface area (Å²) < 4.78 is 8.06. The molecule has 28 heteroatoms. The van der Waals surface area contributed by atoms with Crippen LogP contribution in [0, 0.1) is 0 Å². The van der Waals surface area contributed by atoms with Gasteiger partial charge in [0.2, 0.25) is 0 Å². The van der Waals surface area contributed by atoms with Gasteiger partial charge in [0, 0.05) is 0 Å². The second-order valence-corrected chi connectivity index (χ2v) is 636. The first-order chi connectivity index (χ1) is 13.2. The van der Waals surface area contributed by atoms with E-state index in [9.17, 15) is 0 Å². The normalized spacial score (nSPS) is 18.9. The van der Waals surface area contributed by atoms with E-state index in [4.69, 9.17) is 0.594 Å². The second kappa shape index (κ2) is 29.0. The molecule has 0 atom stereocenters. The topological polar surface area (TPSA) is 0 Å². The van der Waals surface area contributed by atoms with E-state index < -0.39 is 103 Å². The molecule has 0 aliphatic carbocycles. The van der Waals surface area contributed by atoms with Crippen LogP contribution in [0.5, 0.6) is 0 Å². The number of halogens is 28. The Morgan fingerprint density at radius 2 is 0.571 bits per heavy atom. The molecule has 0 fully saturated rings. The van der Waals surface area contributed by atoms with Gasteiger partial charge >= 0.3 is 382 Å². The Hall–Kier alpha value is 20.4. The van der Waals surface area contributed by atoms with Gasteiger partial charge < -0.3 is 0 Å². The summed E-state index contributed by atoms with van der Waals surface area (Å²) in [6.45, 7) is 0. The van der Waals surface area contributed by atoms with Gasteiger partial charge in [-0.2, -0.15) is 0 Å². The number of rotatable bonds is 13. The summed E-state index contributed by atoms with van der Waals surface area (Å²) in [4.78, 5) is 0. The Labute approximate surface area is 360 Å². The SMILES string of the molecule is [2H][I-]I(I)I(I)I(I)I(I)I(I)I(I)I(I)I(I)I(I)I(I)I(I)I(I)I(I)I. The molecule has 28 heavy (non-hydrogen) atoms. The fraction of sp³-hybridized carbons (Fsp3) is 0. The Bertz CT molecular complexity index is 430. The molecule has 0 aromatic carbocycles. The van der Waals surface area contributed by atoms with Gasteiger partial charge in [0.1, 0.15) is 0 Å². The minimum atomic E-state index is -0.680. The first-order valence-electron chi connectivity index (χ1n) is 4.24. The van der Waals surface area contributed by atoms with Crippen molar-refractivity contribution >= 4 is 363 Å². The van der Waals surface area contributed by atoms with Crippen molar-refractivity contribution < 1.29 is 18.4 Å². The fourth-order valence-corrected chi connectivity index (χ4v) is 4610. The average Bonchev–Trinajstić information content (AvgIpc) is 2.72. The molecule has 0 heterocycles. The summed E-state index contributed by atoms with van der Waals surface area (Å²) in [5.74, 6) is 0. The first-order valence-corrected chi connectivity index (χ1v) is 174. The Balaban J connectivity index is 5.13. The van der Waals surface area contributed by atoms with E-state index in [1.54, 1.807) is 0 Å². The third-order valence-electron chi connectivity index (χ3n) is 0.980. The molecule has 198 valence electrons. The van der Waals surface area contributed by atoms with Gasteiger partial charge in [-0.15, -0.1) is 0 Å². The zero-order chi connectivity index (χ0) is 23.2. The third kappa shape index (κ3) is 20.5. The Morgan fingerprint density at radius 1 is 0.357 bits per heavy atom. The van der Waals surface area contributed by atoms with E-state index in [0.717, 1.165) is 0 Å². The molecule has 0 aromatic rings.